The number of nitrogens with zero attached hydrogens (tertiary/aromatic N) is 4. The van der Waals surface area contributed by atoms with E-state index in [0.29, 0.717) is 6.04 Å². The molecular weight excluding hydrogens is 296 g/mol. The highest BCUT2D eigenvalue weighted by Crippen LogP contribution is 2.34. The molecule has 22 heavy (non-hydrogen) atoms. The smallest absolute Gasteiger partial charge is 0.185 e. The third-order valence-electron chi connectivity index (χ3n) is 4.38. The minimum Gasteiger partial charge on any atom is -0.371 e. The van der Waals surface area contributed by atoms with Crippen molar-refractivity contribution in [3.05, 3.63) is 6.33 Å². The third kappa shape index (κ3) is 2.20. The van der Waals surface area contributed by atoms with Crippen LogP contribution in [-0.2, 0) is 7.05 Å². The maximum Gasteiger partial charge on any atom is 0.185 e. The van der Waals surface area contributed by atoms with Crippen LogP contribution in [0.25, 0.3) is 21.4 Å². The monoisotopic (exact) mass is 316 g/mol. The second kappa shape index (κ2) is 5.39. The van der Waals surface area contributed by atoms with Gasteiger partial charge in [0, 0.05) is 20.1 Å². The van der Waals surface area contributed by atoms with Gasteiger partial charge >= 0.3 is 0 Å². The molecule has 0 aliphatic heterocycles. The molecule has 0 amide bonds. The molecule has 3 aromatic rings. The Hall–Kier alpha value is -1.89. The quantitative estimate of drug-likeness (QED) is 0.775. The predicted molar refractivity (Wildman–Crippen MR) is 91.7 cm³/mol. The Bertz CT molecular complexity index is 814. The molecule has 3 aromatic heterocycles. The standard InChI is InChI=1S/C15H20N6S/c1-16-13-10-12(21(2)8-17-10)11-14(20-13)22-15(19-11)18-9-6-4-3-5-7-9/h8-9H,3-7H2,1-2H3,(H,16,20)(H,18,19). The van der Waals surface area contributed by atoms with Crippen LogP contribution < -0.4 is 10.6 Å². The van der Waals surface area contributed by atoms with Crippen molar-refractivity contribution in [2.24, 2.45) is 7.05 Å². The van der Waals surface area contributed by atoms with E-state index in [-0.39, 0.29) is 0 Å². The van der Waals surface area contributed by atoms with E-state index in [9.17, 15) is 0 Å². The SMILES string of the molecule is CNc1nc2sc(NC3CCCCC3)nc2c2c1ncn2C. The van der Waals surface area contributed by atoms with Crippen LogP contribution in [0.15, 0.2) is 6.33 Å². The highest BCUT2D eigenvalue weighted by atomic mass is 32.1. The molecule has 0 spiro atoms. The average molecular weight is 316 g/mol. The van der Waals surface area contributed by atoms with Gasteiger partial charge in [0.25, 0.3) is 0 Å². The zero-order chi connectivity index (χ0) is 15.1. The van der Waals surface area contributed by atoms with Crippen LogP contribution in [0.2, 0.25) is 0 Å². The highest BCUT2D eigenvalue weighted by Gasteiger charge is 2.19. The number of pyridine rings is 1. The van der Waals surface area contributed by atoms with Crippen LogP contribution in [0.4, 0.5) is 10.9 Å². The van der Waals surface area contributed by atoms with Crippen LogP contribution >= 0.6 is 11.3 Å². The van der Waals surface area contributed by atoms with Crippen LogP contribution in [0.5, 0.6) is 0 Å². The van der Waals surface area contributed by atoms with Gasteiger partial charge in [-0.1, -0.05) is 30.6 Å². The summed E-state index contributed by atoms with van der Waals surface area (Å²) < 4.78 is 2.02. The van der Waals surface area contributed by atoms with Crippen molar-refractivity contribution in [3.63, 3.8) is 0 Å². The first-order chi connectivity index (χ1) is 10.8. The van der Waals surface area contributed by atoms with Crippen LogP contribution in [0, 0.1) is 0 Å². The summed E-state index contributed by atoms with van der Waals surface area (Å²) in [5, 5.41) is 7.72. The number of anilines is 2. The molecule has 1 aliphatic carbocycles. The van der Waals surface area contributed by atoms with Gasteiger partial charge in [-0.3, -0.25) is 0 Å². The summed E-state index contributed by atoms with van der Waals surface area (Å²) in [5.41, 5.74) is 2.87. The van der Waals surface area contributed by atoms with E-state index in [1.165, 1.54) is 32.1 Å². The zero-order valence-corrected chi connectivity index (χ0v) is 13.7. The molecule has 0 atom stereocenters. The molecule has 1 fully saturated rings. The van der Waals surface area contributed by atoms with Gasteiger partial charge < -0.3 is 15.2 Å². The number of hydrogen-bond acceptors (Lipinski definition) is 6. The fourth-order valence-corrected chi connectivity index (χ4v) is 4.16. The van der Waals surface area contributed by atoms with Crippen molar-refractivity contribution in [2.75, 3.05) is 17.7 Å². The molecule has 6 nitrogen and oxygen atoms in total. The molecule has 3 heterocycles. The first kappa shape index (κ1) is 13.8. The largest absolute Gasteiger partial charge is 0.371 e. The van der Waals surface area contributed by atoms with Gasteiger partial charge in [0.15, 0.2) is 10.9 Å². The van der Waals surface area contributed by atoms with E-state index in [4.69, 9.17) is 4.98 Å². The summed E-state index contributed by atoms with van der Waals surface area (Å²) in [7, 11) is 3.88. The van der Waals surface area contributed by atoms with Gasteiger partial charge in [0.2, 0.25) is 0 Å². The minimum atomic E-state index is 0.556. The normalized spacial score (nSPS) is 16.5. The van der Waals surface area contributed by atoms with E-state index >= 15 is 0 Å². The summed E-state index contributed by atoms with van der Waals surface area (Å²) in [5.74, 6) is 0.816. The lowest BCUT2D eigenvalue weighted by Gasteiger charge is -2.22. The lowest BCUT2D eigenvalue weighted by atomic mass is 9.96. The third-order valence-corrected chi connectivity index (χ3v) is 5.26. The van der Waals surface area contributed by atoms with Crippen molar-refractivity contribution in [2.45, 2.75) is 38.1 Å². The summed E-state index contributed by atoms with van der Waals surface area (Å²) in [6.07, 6.45) is 8.30. The Morgan fingerprint density at radius 1 is 1.18 bits per heavy atom. The summed E-state index contributed by atoms with van der Waals surface area (Å²) in [4.78, 5) is 14.9. The fraction of sp³-hybridized carbons (Fsp3) is 0.533. The Morgan fingerprint density at radius 3 is 2.77 bits per heavy atom. The van der Waals surface area contributed by atoms with Crippen molar-refractivity contribution < 1.29 is 0 Å². The van der Waals surface area contributed by atoms with Crippen molar-refractivity contribution in [3.8, 4) is 0 Å². The molecular formula is C15H20N6S. The number of imidazole rings is 1. The molecule has 0 unspecified atom stereocenters. The average Bonchev–Trinajstić information content (AvgIpc) is 3.10. The Balaban J connectivity index is 1.79. The van der Waals surface area contributed by atoms with E-state index in [1.54, 1.807) is 11.3 Å². The molecule has 1 saturated carbocycles. The molecule has 0 radical (unpaired) electrons. The molecule has 1 aliphatic rings. The topological polar surface area (TPSA) is 67.7 Å². The highest BCUT2D eigenvalue weighted by molar-refractivity contribution is 7.22. The summed E-state index contributed by atoms with van der Waals surface area (Å²) in [6, 6.07) is 0.556. The maximum atomic E-state index is 4.80. The van der Waals surface area contributed by atoms with E-state index in [1.807, 2.05) is 25.0 Å². The van der Waals surface area contributed by atoms with Crippen molar-refractivity contribution in [1.82, 2.24) is 19.5 Å². The van der Waals surface area contributed by atoms with E-state index in [2.05, 4.69) is 20.6 Å². The second-order valence-electron chi connectivity index (χ2n) is 5.92. The summed E-state index contributed by atoms with van der Waals surface area (Å²) >= 11 is 1.63. The molecule has 0 saturated heterocycles. The van der Waals surface area contributed by atoms with Gasteiger partial charge in [-0.05, 0) is 12.8 Å². The molecule has 116 valence electrons. The first-order valence-electron chi connectivity index (χ1n) is 7.82. The fourth-order valence-electron chi connectivity index (χ4n) is 3.24. The molecule has 0 aromatic carbocycles. The lowest BCUT2D eigenvalue weighted by molar-refractivity contribution is 0.462. The van der Waals surface area contributed by atoms with E-state index in [0.717, 1.165) is 32.3 Å². The van der Waals surface area contributed by atoms with Gasteiger partial charge in [-0.2, -0.15) is 0 Å². The molecule has 0 bridgehead atoms. The summed E-state index contributed by atoms with van der Waals surface area (Å²) in [6.45, 7) is 0. The Morgan fingerprint density at radius 2 is 2.00 bits per heavy atom. The Kier molecular flexibility index (Phi) is 3.37. The second-order valence-corrected chi connectivity index (χ2v) is 6.89. The van der Waals surface area contributed by atoms with Gasteiger partial charge in [-0.25, -0.2) is 15.0 Å². The number of rotatable bonds is 3. The molecule has 4 rings (SSSR count). The molecule has 2 N–H and O–H groups in total. The number of thiazole rings is 1. The first-order valence-corrected chi connectivity index (χ1v) is 8.64. The van der Waals surface area contributed by atoms with Crippen molar-refractivity contribution in [1.29, 1.82) is 0 Å². The number of fused-ring (bicyclic) bond motifs is 3. The lowest BCUT2D eigenvalue weighted by Crippen LogP contribution is -2.21. The predicted octanol–water partition coefficient (Wildman–Crippen LogP) is 3.36. The van der Waals surface area contributed by atoms with Gasteiger partial charge in [0.1, 0.15) is 21.4 Å². The van der Waals surface area contributed by atoms with Gasteiger partial charge in [-0.15, -0.1) is 0 Å². The van der Waals surface area contributed by atoms with Crippen molar-refractivity contribution >= 4 is 43.7 Å². The van der Waals surface area contributed by atoms with Crippen LogP contribution in [-0.4, -0.2) is 32.6 Å². The number of nitrogens with one attached hydrogen (secondary N) is 2. The number of aromatic nitrogens is 4. The number of hydrogen-bond donors (Lipinski definition) is 2. The van der Waals surface area contributed by atoms with Gasteiger partial charge in [0.05, 0.1) is 6.33 Å². The molecule has 7 heteroatoms. The van der Waals surface area contributed by atoms with Crippen LogP contribution in [0.3, 0.4) is 0 Å². The maximum absolute atomic E-state index is 4.80. The minimum absolute atomic E-state index is 0.556. The number of aryl methyl sites for hydroxylation is 1. The zero-order valence-electron chi connectivity index (χ0n) is 12.9. The Labute approximate surface area is 133 Å². The van der Waals surface area contributed by atoms with Crippen LogP contribution in [0.1, 0.15) is 32.1 Å². The van der Waals surface area contributed by atoms with E-state index < -0.39 is 0 Å².